The molecule has 1 unspecified atom stereocenters. The molecule has 0 aliphatic rings. The molecule has 0 bridgehead atoms. The van der Waals surface area contributed by atoms with Gasteiger partial charge in [0.2, 0.25) is 5.91 Å². The lowest BCUT2D eigenvalue weighted by molar-refractivity contribution is -0.122. The fourth-order valence-corrected chi connectivity index (χ4v) is 2.43. The van der Waals surface area contributed by atoms with Crippen molar-refractivity contribution >= 4 is 5.91 Å². The molecular formula is C19H23NO2. The zero-order chi connectivity index (χ0) is 15.8. The van der Waals surface area contributed by atoms with Crippen LogP contribution in [0.2, 0.25) is 0 Å². The van der Waals surface area contributed by atoms with Crippen LogP contribution in [-0.2, 0) is 4.79 Å². The Labute approximate surface area is 132 Å². The number of aryl methyl sites for hydroxylation is 1. The van der Waals surface area contributed by atoms with E-state index in [9.17, 15) is 4.79 Å². The van der Waals surface area contributed by atoms with Crippen molar-refractivity contribution in [2.45, 2.75) is 26.2 Å². The zero-order valence-electron chi connectivity index (χ0n) is 13.2. The van der Waals surface area contributed by atoms with Crippen LogP contribution >= 0.6 is 0 Å². The first-order chi connectivity index (χ1) is 10.7. The summed E-state index contributed by atoms with van der Waals surface area (Å²) in [6, 6.07) is 17.8. The minimum Gasteiger partial charge on any atom is -0.491 e. The van der Waals surface area contributed by atoms with E-state index in [1.807, 2.05) is 68.4 Å². The van der Waals surface area contributed by atoms with Crippen molar-refractivity contribution in [1.82, 2.24) is 5.32 Å². The molecule has 116 valence electrons. The number of ether oxygens (including phenoxy) is 1. The molecular weight excluding hydrogens is 274 g/mol. The van der Waals surface area contributed by atoms with Gasteiger partial charge in [-0.15, -0.1) is 0 Å². The van der Waals surface area contributed by atoms with E-state index in [1.165, 1.54) is 0 Å². The molecule has 1 N–H and O–H groups in total. The molecule has 0 fully saturated rings. The fraction of sp³-hybridized carbons (Fsp3) is 0.316. The Morgan fingerprint density at radius 3 is 2.45 bits per heavy atom. The highest BCUT2D eigenvalue weighted by atomic mass is 16.5. The average molecular weight is 297 g/mol. The largest absolute Gasteiger partial charge is 0.491 e. The topological polar surface area (TPSA) is 38.3 Å². The van der Waals surface area contributed by atoms with Crippen LogP contribution in [-0.4, -0.2) is 19.1 Å². The molecule has 22 heavy (non-hydrogen) atoms. The van der Waals surface area contributed by atoms with Crippen LogP contribution in [0.15, 0.2) is 54.6 Å². The van der Waals surface area contributed by atoms with E-state index in [-0.39, 0.29) is 11.8 Å². The Balaban J connectivity index is 1.81. The van der Waals surface area contributed by atoms with Gasteiger partial charge < -0.3 is 10.1 Å². The summed E-state index contributed by atoms with van der Waals surface area (Å²) in [5.41, 5.74) is 2.16. The third-order valence-electron chi connectivity index (χ3n) is 3.68. The van der Waals surface area contributed by atoms with Crippen molar-refractivity contribution in [3.63, 3.8) is 0 Å². The second-order valence-corrected chi connectivity index (χ2v) is 5.28. The Bertz CT molecular complexity index is 595. The number of para-hydroxylation sites is 1. The van der Waals surface area contributed by atoms with Gasteiger partial charge in [0.05, 0.1) is 12.5 Å². The highest BCUT2D eigenvalue weighted by Crippen LogP contribution is 2.19. The number of benzene rings is 2. The average Bonchev–Trinajstić information content (AvgIpc) is 2.55. The maximum atomic E-state index is 12.3. The number of carbonyl (C=O) groups excluding carboxylic acids is 1. The van der Waals surface area contributed by atoms with Gasteiger partial charge in [-0.1, -0.05) is 55.5 Å². The molecule has 0 aliphatic heterocycles. The number of nitrogens with one attached hydrogen (secondary N) is 1. The smallest absolute Gasteiger partial charge is 0.227 e. The summed E-state index contributed by atoms with van der Waals surface area (Å²) in [4.78, 5) is 12.3. The van der Waals surface area contributed by atoms with Crippen LogP contribution < -0.4 is 10.1 Å². The van der Waals surface area contributed by atoms with Gasteiger partial charge in [0.1, 0.15) is 12.4 Å². The van der Waals surface area contributed by atoms with Crippen LogP contribution in [0.1, 0.15) is 30.4 Å². The third-order valence-corrected chi connectivity index (χ3v) is 3.68. The van der Waals surface area contributed by atoms with Crippen molar-refractivity contribution in [3.8, 4) is 5.75 Å². The molecule has 2 rings (SSSR count). The third kappa shape index (κ3) is 4.35. The predicted octanol–water partition coefficient (Wildman–Crippen LogP) is 3.68. The van der Waals surface area contributed by atoms with Crippen molar-refractivity contribution in [2.75, 3.05) is 13.2 Å². The summed E-state index contributed by atoms with van der Waals surface area (Å²) in [5.74, 6) is 0.827. The number of hydrogen-bond donors (Lipinski definition) is 1. The first-order valence-electron chi connectivity index (χ1n) is 7.73. The predicted molar refractivity (Wildman–Crippen MR) is 89.2 cm³/mol. The van der Waals surface area contributed by atoms with E-state index in [2.05, 4.69) is 5.32 Å². The minimum atomic E-state index is -0.0975. The van der Waals surface area contributed by atoms with Crippen molar-refractivity contribution in [3.05, 3.63) is 65.7 Å². The summed E-state index contributed by atoms with van der Waals surface area (Å²) >= 11 is 0. The second kappa shape index (κ2) is 8.23. The lowest BCUT2D eigenvalue weighted by Crippen LogP contribution is -2.32. The molecule has 3 heteroatoms. The lowest BCUT2D eigenvalue weighted by atomic mass is 9.96. The van der Waals surface area contributed by atoms with E-state index < -0.39 is 0 Å². The summed E-state index contributed by atoms with van der Waals surface area (Å²) in [6.45, 7) is 5.02. The normalized spacial score (nSPS) is 11.7. The molecule has 0 saturated heterocycles. The Kier molecular flexibility index (Phi) is 6.01. The molecule has 1 atom stereocenters. The van der Waals surface area contributed by atoms with Crippen molar-refractivity contribution in [2.24, 2.45) is 0 Å². The summed E-state index contributed by atoms with van der Waals surface area (Å²) in [5, 5.41) is 2.96. The summed E-state index contributed by atoms with van der Waals surface area (Å²) in [6.07, 6.45) is 0.786. The number of carbonyl (C=O) groups is 1. The van der Waals surface area contributed by atoms with Gasteiger partial charge in [-0.05, 0) is 30.5 Å². The molecule has 1 amide bonds. The minimum absolute atomic E-state index is 0.0575. The van der Waals surface area contributed by atoms with Crippen LogP contribution in [0, 0.1) is 6.92 Å². The molecule has 0 spiro atoms. The molecule has 0 radical (unpaired) electrons. The van der Waals surface area contributed by atoms with Crippen molar-refractivity contribution in [1.29, 1.82) is 0 Å². The summed E-state index contributed by atoms with van der Waals surface area (Å²) in [7, 11) is 0. The number of rotatable bonds is 7. The first-order valence-corrected chi connectivity index (χ1v) is 7.73. The van der Waals surface area contributed by atoms with E-state index >= 15 is 0 Å². The van der Waals surface area contributed by atoms with Gasteiger partial charge in [0, 0.05) is 0 Å². The molecule has 0 aliphatic carbocycles. The van der Waals surface area contributed by atoms with Gasteiger partial charge in [0.25, 0.3) is 0 Å². The van der Waals surface area contributed by atoms with Crippen LogP contribution in [0.25, 0.3) is 0 Å². The van der Waals surface area contributed by atoms with Crippen molar-refractivity contribution < 1.29 is 9.53 Å². The zero-order valence-corrected chi connectivity index (χ0v) is 13.2. The highest BCUT2D eigenvalue weighted by molar-refractivity contribution is 5.83. The Hall–Kier alpha value is -2.29. The van der Waals surface area contributed by atoms with E-state index in [1.54, 1.807) is 0 Å². The van der Waals surface area contributed by atoms with Gasteiger partial charge in [-0.25, -0.2) is 0 Å². The molecule has 0 heterocycles. The van der Waals surface area contributed by atoms with E-state index in [0.717, 1.165) is 23.3 Å². The van der Waals surface area contributed by atoms with E-state index in [4.69, 9.17) is 4.74 Å². The lowest BCUT2D eigenvalue weighted by Gasteiger charge is -2.16. The van der Waals surface area contributed by atoms with Crippen LogP contribution in [0.5, 0.6) is 5.75 Å². The molecule has 0 aromatic heterocycles. The molecule has 0 saturated carbocycles. The quantitative estimate of drug-likeness (QED) is 0.792. The number of amides is 1. The summed E-state index contributed by atoms with van der Waals surface area (Å²) < 4.78 is 5.69. The second-order valence-electron chi connectivity index (χ2n) is 5.28. The maximum absolute atomic E-state index is 12.3. The van der Waals surface area contributed by atoms with Crippen LogP contribution in [0.4, 0.5) is 0 Å². The Morgan fingerprint density at radius 2 is 1.77 bits per heavy atom. The molecule has 3 nitrogen and oxygen atoms in total. The van der Waals surface area contributed by atoms with Crippen LogP contribution in [0.3, 0.4) is 0 Å². The Morgan fingerprint density at radius 1 is 1.09 bits per heavy atom. The van der Waals surface area contributed by atoms with Gasteiger partial charge in [-0.3, -0.25) is 4.79 Å². The molecule has 2 aromatic rings. The standard InChI is InChI=1S/C19H23NO2/c1-3-17(16-10-5-4-6-11-16)19(21)20-13-14-22-18-12-8-7-9-15(18)2/h4-12,17H,3,13-14H2,1-2H3,(H,20,21). The highest BCUT2D eigenvalue weighted by Gasteiger charge is 2.17. The van der Waals surface area contributed by atoms with Gasteiger partial charge in [0.15, 0.2) is 0 Å². The van der Waals surface area contributed by atoms with Gasteiger partial charge in [-0.2, -0.15) is 0 Å². The number of hydrogen-bond acceptors (Lipinski definition) is 2. The van der Waals surface area contributed by atoms with Gasteiger partial charge >= 0.3 is 0 Å². The van der Waals surface area contributed by atoms with E-state index in [0.29, 0.717) is 13.2 Å². The maximum Gasteiger partial charge on any atom is 0.227 e. The SMILES string of the molecule is CCC(C(=O)NCCOc1ccccc1C)c1ccccc1. The molecule has 2 aromatic carbocycles. The first kappa shape index (κ1) is 16.1. The fourth-order valence-electron chi connectivity index (χ4n) is 2.43. The monoisotopic (exact) mass is 297 g/mol.